The molecule has 1 heterocycles. The summed E-state index contributed by atoms with van der Waals surface area (Å²) in [4.78, 5) is 12.9. The van der Waals surface area contributed by atoms with E-state index in [-0.39, 0.29) is 21.8 Å². The van der Waals surface area contributed by atoms with E-state index in [0.29, 0.717) is 18.7 Å². The zero-order valence-electron chi connectivity index (χ0n) is 16.6. The van der Waals surface area contributed by atoms with E-state index < -0.39 is 10.0 Å². The number of benzene rings is 1. The van der Waals surface area contributed by atoms with Gasteiger partial charge in [-0.05, 0) is 56.7 Å². The Morgan fingerprint density at radius 2 is 1.69 bits per heavy atom. The Kier molecular flexibility index (Phi) is 6.18. The van der Waals surface area contributed by atoms with Crippen molar-refractivity contribution in [2.75, 3.05) is 13.1 Å². The first kappa shape index (κ1) is 20.9. The van der Waals surface area contributed by atoms with Crippen LogP contribution in [0, 0.1) is 5.41 Å². The number of sulfonamides is 1. The van der Waals surface area contributed by atoms with Gasteiger partial charge in [0.1, 0.15) is 0 Å². The molecule has 0 radical (unpaired) electrons. The van der Waals surface area contributed by atoms with Crippen molar-refractivity contribution in [3.05, 3.63) is 29.8 Å². The van der Waals surface area contributed by atoms with E-state index in [4.69, 9.17) is 0 Å². The van der Waals surface area contributed by atoms with Crippen LogP contribution in [-0.2, 0) is 10.0 Å². The van der Waals surface area contributed by atoms with Crippen LogP contribution in [0.4, 0.5) is 0 Å². The highest BCUT2D eigenvalue weighted by molar-refractivity contribution is 7.89. The van der Waals surface area contributed by atoms with Gasteiger partial charge in [-0.15, -0.1) is 0 Å². The molecule has 1 saturated heterocycles. The summed E-state index contributed by atoms with van der Waals surface area (Å²) in [6.07, 6.45) is 3.66. The predicted molar refractivity (Wildman–Crippen MR) is 105 cm³/mol. The summed E-state index contributed by atoms with van der Waals surface area (Å²) >= 11 is 0. The number of amides is 1. The number of hydrogen-bond donors (Lipinski definition) is 1. The van der Waals surface area contributed by atoms with Gasteiger partial charge in [-0.25, -0.2) is 8.42 Å². The van der Waals surface area contributed by atoms with Crippen molar-refractivity contribution in [1.82, 2.24) is 9.62 Å². The van der Waals surface area contributed by atoms with E-state index >= 15 is 0 Å². The number of piperidine rings is 1. The lowest BCUT2D eigenvalue weighted by Crippen LogP contribution is -2.45. The Labute approximate surface area is 158 Å². The van der Waals surface area contributed by atoms with Crippen LogP contribution in [0.1, 0.15) is 70.7 Å². The quantitative estimate of drug-likeness (QED) is 0.845. The summed E-state index contributed by atoms with van der Waals surface area (Å²) < 4.78 is 27.2. The van der Waals surface area contributed by atoms with Crippen LogP contribution >= 0.6 is 0 Å². The average molecular weight is 381 g/mol. The molecule has 146 valence electrons. The maximum Gasteiger partial charge on any atom is 0.251 e. The number of carbonyl (C=O) groups is 1. The highest BCUT2D eigenvalue weighted by Gasteiger charge is 2.29. The molecule has 0 atom stereocenters. The Bertz CT molecular complexity index is 743. The van der Waals surface area contributed by atoms with Gasteiger partial charge >= 0.3 is 0 Å². The lowest BCUT2D eigenvalue weighted by Gasteiger charge is -2.33. The van der Waals surface area contributed by atoms with Crippen molar-refractivity contribution in [2.45, 2.75) is 70.7 Å². The SMILES string of the molecule is CC(C)(C)CC(C)(C)NC(=O)c1cccc(S(=O)(=O)N2CCCCC2)c1. The van der Waals surface area contributed by atoms with Gasteiger partial charge in [0, 0.05) is 24.2 Å². The Balaban J connectivity index is 2.19. The second kappa shape index (κ2) is 7.69. The molecular weight excluding hydrogens is 348 g/mol. The Hall–Kier alpha value is -1.40. The van der Waals surface area contributed by atoms with E-state index in [1.54, 1.807) is 18.2 Å². The second-order valence-corrected chi connectivity index (χ2v) is 11.0. The average Bonchev–Trinajstić information content (AvgIpc) is 2.53. The number of hydrogen-bond acceptors (Lipinski definition) is 3. The Morgan fingerprint density at radius 3 is 2.27 bits per heavy atom. The third kappa shape index (κ3) is 5.55. The van der Waals surface area contributed by atoms with Crippen molar-refractivity contribution in [1.29, 1.82) is 0 Å². The minimum atomic E-state index is -3.54. The zero-order valence-corrected chi connectivity index (χ0v) is 17.4. The first-order valence-electron chi connectivity index (χ1n) is 9.34. The summed E-state index contributed by atoms with van der Waals surface area (Å²) in [5.74, 6) is -0.241. The summed E-state index contributed by atoms with van der Waals surface area (Å²) in [5, 5.41) is 3.04. The molecule has 0 spiro atoms. The highest BCUT2D eigenvalue weighted by atomic mass is 32.2. The molecule has 0 unspecified atom stereocenters. The van der Waals surface area contributed by atoms with Gasteiger partial charge in [0.25, 0.3) is 5.91 Å². The fourth-order valence-electron chi connectivity index (χ4n) is 3.80. The first-order valence-corrected chi connectivity index (χ1v) is 10.8. The fourth-order valence-corrected chi connectivity index (χ4v) is 5.37. The summed E-state index contributed by atoms with van der Waals surface area (Å²) in [5.41, 5.74) is 0.0814. The third-order valence-electron chi connectivity index (χ3n) is 4.47. The fraction of sp³-hybridized carbons (Fsp3) is 0.650. The monoisotopic (exact) mass is 380 g/mol. The molecule has 2 rings (SSSR count). The van der Waals surface area contributed by atoms with Crippen molar-refractivity contribution in [3.8, 4) is 0 Å². The molecule has 26 heavy (non-hydrogen) atoms. The van der Waals surface area contributed by atoms with Gasteiger partial charge in [-0.1, -0.05) is 33.3 Å². The summed E-state index contributed by atoms with van der Waals surface area (Å²) in [6.45, 7) is 11.5. The van der Waals surface area contributed by atoms with Crippen molar-refractivity contribution < 1.29 is 13.2 Å². The van der Waals surface area contributed by atoms with Gasteiger partial charge in [0.2, 0.25) is 10.0 Å². The largest absolute Gasteiger partial charge is 0.347 e. The molecule has 1 fully saturated rings. The van der Waals surface area contributed by atoms with Crippen LogP contribution in [0.2, 0.25) is 0 Å². The van der Waals surface area contributed by atoms with Crippen LogP contribution in [0.15, 0.2) is 29.2 Å². The van der Waals surface area contributed by atoms with Crippen LogP contribution < -0.4 is 5.32 Å². The molecule has 1 aromatic carbocycles. The maximum absolute atomic E-state index is 12.8. The van der Waals surface area contributed by atoms with E-state index in [0.717, 1.165) is 25.7 Å². The topological polar surface area (TPSA) is 66.5 Å². The molecule has 0 bridgehead atoms. The molecule has 1 aliphatic heterocycles. The molecule has 0 aromatic heterocycles. The number of carbonyl (C=O) groups excluding carboxylic acids is 1. The molecule has 1 amide bonds. The molecule has 5 nitrogen and oxygen atoms in total. The Morgan fingerprint density at radius 1 is 1.08 bits per heavy atom. The second-order valence-electron chi connectivity index (χ2n) is 9.07. The number of nitrogens with zero attached hydrogens (tertiary/aromatic N) is 1. The number of nitrogens with one attached hydrogen (secondary N) is 1. The van der Waals surface area contributed by atoms with Gasteiger partial charge in [-0.2, -0.15) is 4.31 Å². The highest BCUT2D eigenvalue weighted by Crippen LogP contribution is 2.27. The minimum Gasteiger partial charge on any atom is -0.347 e. The zero-order chi connectivity index (χ0) is 19.6. The van der Waals surface area contributed by atoms with Crippen molar-refractivity contribution >= 4 is 15.9 Å². The van der Waals surface area contributed by atoms with Crippen molar-refractivity contribution in [2.24, 2.45) is 5.41 Å². The minimum absolute atomic E-state index is 0.0796. The van der Waals surface area contributed by atoms with Crippen LogP contribution in [0.25, 0.3) is 0 Å². The molecular formula is C20H32N2O3S. The summed E-state index contributed by atoms with van der Waals surface area (Å²) in [7, 11) is -3.54. The molecule has 6 heteroatoms. The molecule has 1 N–H and O–H groups in total. The van der Waals surface area contributed by atoms with Gasteiger partial charge in [-0.3, -0.25) is 4.79 Å². The smallest absolute Gasteiger partial charge is 0.251 e. The number of rotatable bonds is 5. The molecule has 0 saturated carbocycles. The standard InChI is InChI=1S/C20H32N2O3S/c1-19(2,3)15-20(4,5)21-18(23)16-10-9-11-17(14-16)26(24,25)22-12-7-6-8-13-22/h9-11,14H,6-8,12-13,15H2,1-5H3,(H,21,23). The van der Waals surface area contributed by atoms with Gasteiger partial charge < -0.3 is 5.32 Å². The third-order valence-corrected chi connectivity index (χ3v) is 6.37. The molecule has 1 aromatic rings. The predicted octanol–water partition coefficient (Wildman–Crippen LogP) is 3.81. The van der Waals surface area contributed by atoms with Crippen LogP contribution in [0.3, 0.4) is 0 Å². The van der Waals surface area contributed by atoms with E-state index in [9.17, 15) is 13.2 Å². The first-order chi connectivity index (χ1) is 11.9. The van der Waals surface area contributed by atoms with Crippen LogP contribution in [-0.4, -0.2) is 37.3 Å². The van der Waals surface area contributed by atoms with E-state index in [1.807, 2.05) is 13.8 Å². The molecule has 0 aliphatic carbocycles. The van der Waals surface area contributed by atoms with Gasteiger partial charge in [0.05, 0.1) is 4.90 Å². The van der Waals surface area contributed by atoms with Gasteiger partial charge in [0.15, 0.2) is 0 Å². The maximum atomic E-state index is 12.8. The van der Waals surface area contributed by atoms with E-state index in [1.165, 1.54) is 10.4 Å². The lowest BCUT2D eigenvalue weighted by molar-refractivity contribution is 0.0891. The van der Waals surface area contributed by atoms with E-state index in [2.05, 4.69) is 26.1 Å². The molecule has 1 aliphatic rings. The summed E-state index contributed by atoms with van der Waals surface area (Å²) in [6, 6.07) is 6.37. The van der Waals surface area contributed by atoms with Crippen LogP contribution in [0.5, 0.6) is 0 Å². The normalized spacial score (nSPS) is 17.1. The lowest BCUT2D eigenvalue weighted by atomic mass is 9.81. The van der Waals surface area contributed by atoms with Crippen molar-refractivity contribution in [3.63, 3.8) is 0 Å².